The molecule has 0 radical (unpaired) electrons. The summed E-state index contributed by atoms with van der Waals surface area (Å²) in [6.45, 7) is 4.29. The molecular formula is C29H28ClN3O5. The maximum absolute atomic E-state index is 13.0. The summed E-state index contributed by atoms with van der Waals surface area (Å²) in [5, 5.41) is 5.63. The fourth-order valence-electron chi connectivity index (χ4n) is 4.02. The van der Waals surface area contributed by atoms with Crippen molar-refractivity contribution >= 4 is 40.7 Å². The van der Waals surface area contributed by atoms with Crippen LogP contribution in [-0.2, 0) is 16.0 Å². The predicted octanol–water partition coefficient (Wildman–Crippen LogP) is 4.73. The standard InChI is InChI=1S/C29H28ClN3O5/c1-17-5-11-22(15-18(17)2)33-28(35)25(30)26(29(33)36)32-21-9-7-20(8-10-21)27(34)31-14-13-19-6-12-23(37-3)24(16-19)38-4/h5-12,15-16,32H,13-14H2,1-4H3,(H,31,34). The van der Waals surface area contributed by atoms with Gasteiger partial charge >= 0.3 is 0 Å². The molecule has 0 unspecified atom stereocenters. The number of rotatable bonds is 9. The molecule has 3 aromatic carbocycles. The smallest absolute Gasteiger partial charge is 0.283 e. The number of halogens is 1. The van der Waals surface area contributed by atoms with E-state index in [-0.39, 0.29) is 16.6 Å². The minimum Gasteiger partial charge on any atom is -0.493 e. The predicted molar refractivity (Wildman–Crippen MR) is 147 cm³/mol. The number of hydrogen-bond donors (Lipinski definition) is 2. The Bertz CT molecular complexity index is 1430. The van der Waals surface area contributed by atoms with Crippen molar-refractivity contribution in [1.29, 1.82) is 0 Å². The van der Waals surface area contributed by atoms with E-state index in [1.54, 1.807) is 50.6 Å². The van der Waals surface area contributed by atoms with Gasteiger partial charge in [-0.1, -0.05) is 23.7 Å². The number of imide groups is 1. The second-order valence-electron chi connectivity index (χ2n) is 8.80. The van der Waals surface area contributed by atoms with Gasteiger partial charge in [0.2, 0.25) is 0 Å². The molecule has 0 aromatic heterocycles. The number of benzene rings is 3. The number of hydrogen-bond acceptors (Lipinski definition) is 6. The minimum atomic E-state index is -0.590. The van der Waals surface area contributed by atoms with Crippen LogP contribution in [0.4, 0.5) is 11.4 Å². The van der Waals surface area contributed by atoms with Gasteiger partial charge in [0.25, 0.3) is 17.7 Å². The fourth-order valence-corrected chi connectivity index (χ4v) is 4.23. The Morgan fingerprint density at radius 2 is 1.58 bits per heavy atom. The lowest BCUT2D eigenvalue weighted by Crippen LogP contribution is -2.32. The molecule has 0 fully saturated rings. The third kappa shape index (κ3) is 5.50. The van der Waals surface area contributed by atoms with Crippen LogP contribution < -0.4 is 25.0 Å². The summed E-state index contributed by atoms with van der Waals surface area (Å²) in [5.74, 6) is -0.0858. The lowest BCUT2D eigenvalue weighted by atomic mass is 10.1. The Morgan fingerprint density at radius 1 is 0.868 bits per heavy atom. The SMILES string of the molecule is COc1ccc(CCNC(=O)c2ccc(NC3=C(Cl)C(=O)N(c4ccc(C)c(C)c4)C3=O)cc2)cc1OC. The van der Waals surface area contributed by atoms with Crippen molar-refractivity contribution in [3.05, 3.63) is 93.6 Å². The zero-order valence-corrected chi connectivity index (χ0v) is 22.3. The summed E-state index contributed by atoms with van der Waals surface area (Å²) >= 11 is 6.24. The lowest BCUT2D eigenvalue weighted by Gasteiger charge is -2.16. The quantitative estimate of drug-likeness (QED) is 0.386. The van der Waals surface area contributed by atoms with Crippen LogP contribution in [0.25, 0.3) is 0 Å². The average Bonchev–Trinajstić information content (AvgIpc) is 3.13. The van der Waals surface area contributed by atoms with Crippen LogP contribution in [-0.4, -0.2) is 38.5 Å². The fraction of sp³-hybridized carbons (Fsp3) is 0.207. The average molecular weight is 534 g/mol. The second kappa shape index (κ2) is 11.4. The van der Waals surface area contributed by atoms with E-state index in [9.17, 15) is 14.4 Å². The zero-order chi connectivity index (χ0) is 27.4. The van der Waals surface area contributed by atoms with E-state index in [4.69, 9.17) is 21.1 Å². The number of anilines is 2. The van der Waals surface area contributed by atoms with Gasteiger partial charge in [-0.05, 0) is 85.5 Å². The molecule has 3 aromatic rings. The molecule has 38 heavy (non-hydrogen) atoms. The van der Waals surface area contributed by atoms with Gasteiger partial charge in [0, 0.05) is 17.8 Å². The van der Waals surface area contributed by atoms with Crippen molar-refractivity contribution in [3.63, 3.8) is 0 Å². The Balaban J connectivity index is 1.37. The van der Waals surface area contributed by atoms with Crippen molar-refractivity contribution in [2.45, 2.75) is 20.3 Å². The topological polar surface area (TPSA) is 97.0 Å². The van der Waals surface area contributed by atoms with Gasteiger partial charge in [-0.2, -0.15) is 0 Å². The minimum absolute atomic E-state index is 0.0120. The summed E-state index contributed by atoms with van der Waals surface area (Å²) in [4.78, 5) is 39.4. The molecule has 0 saturated carbocycles. The van der Waals surface area contributed by atoms with Crippen LogP contribution in [0.1, 0.15) is 27.0 Å². The van der Waals surface area contributed by atoms with Crippen molar-refractivity contribution in [3.8, 4) is 11.5 Å². The van der Waals surface area contributed by atoms with Crippen molar-refractivity contribution in [2.24, 2.45) is 0 Å². The first-order valence-electron chi connectivity index (χ1n) is 12.0. The first-order valence-corrected chi connectivity index (χ1v) is 12.3. The molecule has 0 spiro atoms. The van der Waals surface area contributed by atoms with Crippen molar-refractivity contribution < 1.29 is 23.9 Å². The third-order valence-corrected chi connectivity index (χ3v) is 6.69. The Labute approximate surface area is 226 Å². The van der Waals surface area contributed by atoms with E-state index in [1.165, 1.54) is 0 Å². The third-order valence-electron chi connectivity index (χ3n) is 6.34. The number of carbonyl (C=O) groups is 3. The number of aryl methyl sites for hydroxylation is 2. The lowest BCUT2D eigenvalue weighted by molar-refractivity contribution is -0.120. The highest BCUT2D eigenvalue weighted by molar-refractivity contribution is 6.53. The Hall–Kier alpha value is -4.30. The highest BCUT2D eigenvalue weighted by Gasteiger charge is 2.39. The highest BCUT2D eigenvalue weighted by Crippen LogP contribution is 2.31. The molecule has 0 atom stereocenters. The number of nitrogens with one attached hydrogen (secondary N) is 2. The van der Waals surface area contributed by atoms with Crippen molar-refractivity contribution in [1.82, 2.24) is 5.32 Å². The van der Waals surface area contributed by atoms with E-state index in [0.29, 0.717) is 41.4 Å². The van der Waals surface area contributed by atoms with Crippen LogP contribution in [0.5, 0.6) is 11.5 Å². The van der Waals surface area contributed by atoms with Gasteiger partial charge in [-0.3, -0.25) is 14.4 Å². The van der Waals surface area contributed by atoms with Crippen LogP contribution >= 0.6 is 11.6 Å². The van der Waals surface area contributed by atoms with E-state index in [1.807, 2.05) is 38.1 Å². The molecule has 2 N–H and O–H groups in total. The summed E-state index contributed by atoms with van der Waals surface area (Å²) in [5.41, 5.74) is 4.42. The largest absolute Gasteiger partial charge is 0.493 e. The normalized spacial score (nSPS) is 13.1. The van der Waals surface area contributed by atoms with Crippen LogP contribution in [0.3, 0.4) is 0 Å². The second-order valence-corrected chi connectivity index (χ2v) is 9.18. The van der Waals surface area contributed by atoms with Crippen LogP contribution in [0.15, 0.2) is 71.4 Å². The summed E-state index contributed by atoms with van der Waals surface area (Å²) in [7, 11) is 3.16. The number of amides is 3. The molecule has 9 heteroatoms. The number of nitrogens with zero attached hydrogens (tertiary/aromatic N) is 1. The Kier molecular flexibility index (Phi) is 8.02. The Morgan fingerprint density at radius 3 is 2.24 bits per heavy atom. The molecule has 1 heterocycles. The molecule has 3 amide bonds. The van der Waals surface area contributed by atoms with Gasteiger partial charge < -0.3 is 20.1 Å². The molecule has 0 aliphatic carbocycles. The number of methoxy groups -OCH3 is 2. The van der Waals surface area contributed by atoms with Gasteiger partial charge in [-0.15, -0.1) is 0 Å². The van der Waals surface area contributed by atoms with E-state index >= 15 is 0 Å². The molecule has 1 aliphatic heterocycles. The molecule has 8 nitrogen and oxygen atoms in total. The molecular weight excluding hydrogens is 506 g/mol. The molecule has 4 rings (SSSR count). The van der Waals surface area contributed by atoms with Crippen LogP contribution in [0, 0.1) is 13.8 Å². The summed E-state index contributed by atoms with van der Waals surface area (Å²) < 4.78 is 10.6. The monoisotopic (exact) mass is 533 g/mol. The van der Waals surface area contributed by atoms with E-state index < -0.39 is 11.8 Å². The van der Waals surface area contributed by atoms with Crippen LogP contribution in [0.2, 0.25) is 0 Å². The molecule has 196 valence electrons. The van der Waals surface area contributed by atoms with Gasteiger partial charge in [-0.25, -0.2) is 4.90 Å². The first kappa shape index (κ1) is 26.8. The molecule has 1 aliphatic rings. The zero-order valence-electron chi connectivity index (χ0n) is 21.6. The summed E-state index contributed by atoms with van der Waals surface area (Å²) in [6, 6.07) is 17.5. The van der Waals surface area contributed by atoms with E-state index in [2.05, 4.69) is 10.6 Å². The number of carbonyl (C=O) groups excluding carboxylic acids is 3. The van der Waals surface area contributed by atoms with Crippen molar-refractivity contribution in [2.75, 3.05) is 31.0 Å². The molecule has 0 bridgehead atoms. The maximum atomic E-state index is 13.0. The summed E-state index contributed by atoms with van der Waals surface area (Å²) in [6.07, 6.45) is 0.617. The maximum Gasteiger partial charge on any atom is 0.283 e. The van der Waals surface area contributed by atoms with Gasteiger partial charge in [0.05, 0.1) is 19.9 Å². The first-order chi connectivity index (χ1) is 18.2. The molecule has 0 saturated heterocycles. The van der Waals surface area contributed by atoms with Gasteiger partial charge in [0.1, 0.15) is 10.7 Å². The highest BCUT2D eigenvalue weighted by atomic mass is 35.5. The van der Waals surface area contributed by atoms with E-state index in [0.717, 1.165) is 21.6 Å². The number of ether oxygens (including phenoxy) is 2. The van der Waals surface area contributed by atoms with Gasteiger partial charge in [0.15, 0.2) is 11.5 Å².